The fourth-order valence-electron chi connectivity index (χ4n) is 3.84. The zero-order valence-electron chi connectivity index (χ0n) is 17.0. The Morgan fingerprint density at radius 1 is 1.13 bits per heavy atom. The van der Waals surface area contributed by atoms with Crippen LogP contribution in [0.5, 0.6) is 0 Å². The van der Waals surface area contributed by atoms with Crippen LogP contribution in [0.2, 0.25) is 10.0 Å². The number of hydrogen-bond acceptors (Lipinski definition) is 4. The minimum atomic E-state index is -0.700. The molecule has 0 radical (unpaired) electrons. The Balaban J connectivity index is 2.11. The highest BCUT2D eigenvalue weighted by atomic mass is 35.5. The first-order chi connectivity index (χ1) is 14.5. The Hall–Kier alpha value is -2.08. The molecule has 1 fully saturated rings. The van der Waals surface area contributed by atoms with Crippen molar-refractivity contribution in [1.82, 2.24) is 4.90 Å². The van der Waals surface area contributed by atoms with Crippen LogP contribution in [0.1, 0.15) is 50.0 Å². The van der Waals surface area contributed by atoms with Crippen LogP contribution in [0.25, 0.3) is 0 Å². The number of rotatable bonds is 7. The normalized spacial score (nSPS) is 20.1. The van der Waals surface area contributed by atoms with Crippen molar-refractivity contribution in [3.63, 3.8) is 0 Å². The molecule has 0 spiro atoms. The van der Waals surface area contributed by atoms with Gasteiger partial charge < -0.3 is 14.4 Å². The average molecular weight is 450 g/mol. The quantitative estimate of drug-likeness (QED) is 0.533. The van der Waals surface area contributed by atoms with Crippen molar-refractivity contribution in [3.05, 3.63) is 69.7 Å². The van der Waals surface area contributed by atoms with Crippen LogP contribution in [0.4, 0.5) is 0 Å². The predicted octanol–water partition coefficient (Wildman–Crippen LogP) is 5.37. The molecule has 0 aliphatic carbocycles. The van der Waals surface area contributed by atoms with Gasteiger partial charge in [-0.2, -0.15) is 0 Å². The van der Waals surface area contributed by atoms with E-state index in [0.29, 0.717) is 16.5 Å². The SMILES string of the molecule is CCC[C@H](C(=O)OCC)N1C(=O)CO[C@H](c2cccc(Cl)c2)[C@@H]1c1ccc(Cl)cc1. The van der Waals surface area contributed by atoms with Gasteiger partial charge in [-0.25, -0.2) is 4.79 Å². The fraction of sp³-hybridized carbons (Fsp3) is 0.391. The second-order valence-electron chi connectivity index (χ2n) is 7.14. The van der Waals surface area contributed by atoms with Crippen molar-refractivity contribution in [2.24, 2.45) is 0 Å². The highest BCUT2D eigenvalue weighted by Gasteiger charge is 2.44. The summed E-state index contributed by atoms with van der Waals surface area (Å²) in [5, 5.41) is 1.16. The monoisotopic (exact) mass is 449 g/mol. The van der Waals surface area contributed by atoms with E-state index in [-0.39, 0.29) is 19.1 Å². The van der Waals surface area contributed by atoms with Crippen molar-refractivity contribution in [2.75, 3.05) is 13.2 Å². The number of benzene rings is 2. The van der Waals surface area contributed by atoms with Gasteiger partial charge in [-0.15, -0.1) is 0 Å². The van der Waals surface area contributed by atoms with E-state index in [2.05, 4.69) is 0 Å². The molecular formula is C23H25Cl2NO4. The Labute approximate surface area is 186 Å². The van der Waals surface area contributed by atoms with Gasteiger partial charge in [0, 0.05) is 10.0 Å². The summed E-state index contributed by atoms with van der Waals surface area (Å²) in [6.45, 7) is 3.86. The van der Waals surface area contributed by atoms with E-state index >= 15 is 0 Å². The molecule has 2 aromatic rings. The van der Waals surface area contributed by atoms with Crippen molar-refractivity contribution in [3.8, 4) is 0 Å². The Morgan fingerprint density at radius 3 is 2.50 bits per heavy atom. The van der Waals surface area contributed by atoms with Crippen LogP contribution in [0, 0.1) is 0 Å². The highest BCUT2D eigenvalue weighted by molar-refractivity contribution is 6.30. The van der Waals surface area contributed by atoms with Gasteiger partial charge in [0.15, 0.2) is 0 Å². The van der Waals surface area contributed by atoms with Crippen LogP contribution in [-0.2, 0) is 19.1 Å². The van der Waals surface area contributed by atoms with Crippen molar-refractivity contribution >= 4 is 35.1 Å². The van der Waals surface area contributed by atoms with Gasteiger partial charge in [-0.3, -0.25) is 4.79 Å². The molecule has 1 saturated heterocycles. The summed E-state index contributed by atoms with van der Waals surface area (Å²) in [5.41, 5.74) is 1.65. The van der Waals surface area contributed by atoms with Gasteiger partial charge in [0.25, 0.3) is 0 Å². The molecule has 1 aliphatic rings. The first-order valence-corrected chi connectivity index (χ1v) is 10.8. The number of amides is 1. The van der Waals surface area contributed by atoms with Gasteiger partial charge in [0.05, 0.1) is 12.6 Å². The van der Waals surface area contributed by atoms with Gasteiger partial charge in [-0.1, -0.05) is 60.8 Å². The average Bonchev–Trinajstić information content (AvgIpc) is 2.73. The minimum Gasteiger partial charge on any atom is -0.464 e. The van der Waals surface area contributed by atoms with Crippen molar-refractivity contribution in [1.29, 1.82) is 0 Å². The maximum Gasteiger partial charge on any atom is 0.328 e. The number of carbonyl (C=O) groups excluding carboxylic acids is 2. The lowest BCUT2D eigenvalue weighted by Gasteiger charge is -2.44. The van der Waals surface area contributed by atoms with Crippen molar-refractivity contribution in [2.45, 2.75) is 44.9 Å². The van der Waals surface area contributed by atoms with E-state index in [1.165, 1.54) is 0 Å². The number of esters is 1. The molecule has 0 bridgehead atoms. The lowest BCUT2D eigenvalue weighted by molar-refractivity contribution is -0.174. The molecule has 160 valence electrons. The third kappa shape index (κ3) is 4.97. The summed E-state index contributed by atoms with van der Waals surface area (Å²) in [7, 11) is 0. The number of hydrogen-bond donors (Lipinski definition) is 0. The standard InChI is InChI=1S/C23H25Cl2NO4/c1-3-6-19(23(28)29-4-2)26-20(27)14-30-22(16-7-5-8-18(25)13-16)21(26)15-9-11-17(24)12-10-15/h5,7-13,19,21-22H,3-4,6,14H2,1-2H3/t19-,21+,22-/m1/s1. The predicted molar refractivity (Wildman–Crippen MR) is 117 cm³/mol. The molecule has 0 N–H and O–H groups in total. The van der Waals surface area contributed by atoms with Crippen LogP contribution in [0.15, 0.2) is 48.5 Å². The maximum absolute atomic E-state index is 13.1. The molecule has 1 heterocycles. The molecule has 1 amide bonds. The maximum atomic E-state index is 13.1. The molecule has 30 heavy (non-hydrogen) atoms. The molecule has 1 aliphatic heterocycles. The van der Waals surface area contributed by atoms with E-state index in [9.17, 15) is 9.59 Å². The number of nitrogens with zero attached hydrogens (tertiary/aromatic N) is 1. The smallest absolute Gasteiger partial charge is 0.328 e. The third-order valence-electron chi connectivity index (χ3n) is 5.11. The summed E-state index contributed by atoms with van der Waals surface area (Å²) in [6.07, 6.45) is 0.733. The van der Waals surface area contributed by atoms with Crippen LogP contribution in [0.3, 0.4) is 0 Å². The molecule has 2 aromatic carbocycles. The molecule has 0 unspecified atom stereocenters. The Morgan fingerprint density at radius 2 is 1.87 bits per heavy atom. The molecule has 3 atom stereocenters. The van der Waals surface area contributed by atoms with E-state index in [4.69, 9.17) is 32.7 Å². The summed E-state index contributed by atoms with van der Waals surface area (Å²) < 4.78 is 11.3. The summed E-state index contributed by atoms with van der Waals surface area (Å²) in [5.74, 6) is -0.655. The third-order valence-corrected chi connectivity index (χ3v) is 5.59. The van der Waals surface area contributed by atoms with Gasteiger partial charge in [0.2, 0.25) is 5.91 Å². The second kappa shape index (κ2) is 10.3. The largest absolute Gasteiger partial charge is 0.464 e. The number of carbonyl (C=O) groups is 2. The topological polar surface area (TPSA) is 55.8 Å². The molecule has 3 rings (SSSR count). The molecule has 0 saturated carbocycles. The first kappa shape index (κ1) is 22.6. The van der Waals surface area contributed by atoms with Crippen LogP contribution >= 0.6 is 23.2 Å². The van der Waals surface area contributed by atoms with E-state index in [0.717, 1.165) is 17.5 Å². The summed E-state index contributed by atoms with van der Waals surface area (Å²) in [6, 6.07) is 13.4. The van der Waals surface area contributed by atoms with Gasteiger partial charge >= 0.3 is 5.97 Å². The first-order valence-electron chi connectivity index (χ1n) is 10.1. The highest BCUT2D eigenvalue weighted by Crippen LogP contribution is 2.42. The molecular weight excluding hydrogens is 425 g/mol. The fourth-order valence-corrected chi connectivity index (χ4v) is 4.16. The van der Waals surface area contributed by atoms with Crippen molar-refractivity contribution < 1.29 is 19.1 Å². The molecule has 7 heteroatoms. The summed E-state index contributed by atoms with van der Waals surface area (Å²) in [4.78, 5) is 27.5. The molecule has 5 nitrogen and oxygen atoms in total. The number of halogens is 2. The number of morpholine rings is 1. The molecule has 0 aromatic heterocycles. The lowest BCUT2D eigenvalue weighted by Crippen LogP contribution is -2.53. The van der Waals surface area contributed by atoms with Crippen LogP contribution < -0.4 is 0 Å². The zero-order chi connectivity index (χ0) is 21.7. The summed E-state index contributed by atoms with van der Waals surface area (Å²) >= 11 is 12.3. The van der Waals surface area contributed by atoms with E-state index < -0.39 is 24.2 Å². The lowest BCUT2D eigenvalue weighted by atomic mass is 9.90. The van der Waals surface area contributed by atoms with Gasteiger partial charge in [-0.05, 0) is 48.7 Å². The Kier molecular flexibility index (Phi) is 7.75. The Bertz CT molecular complexity index is 887. The minimum absolute atomic E-state index is 0.124. The van der Waals surface area contributed by atoms with Gasteiger partial charge in [0.1, 0.15) is 18.8 Å². The number of ether oxygens (including phenoxy) is 2. The van der Waals surface area contributed by atoms with E-state index in [1.807, 2.05) is 37.3 Å². The second-order valence-corrected chi connectivity index (χ2v) is 8.01. The van der Waals surface area contributed by atoms with E-state index in [1.54, 1.807) is 30.0 Å². The zero-order valence-corrected chi connectivity index (χ0v) is 18.5. The van der Waals surface area contributed by atoms with Crippen LogP contribution in [-0.4, -0.2) is 36.0 Å².